The second-order valence-corrected chi connectivity index (χ2v) is 8.28. The van der Waals surface area contributed by atoms with E-state index < -0.39 is 0 Å². The molecule has 0 aromatic carbocycles. The van der Waals surface area contributed by atoms with Crippen molar-refractivity contribution in [3.8, 4) is 0 Å². The third-order valence-electron chi connectivity index (χ3n) is 6.97. The number of amides is 1. The standard InChI is InChI=1S/C18H31N3O2/c1-23-17(22)21-10-6-18(13-21)11-15(12-18)20-8-4-14(5-9-20)16-3-2-7-19-16/h14-16,19H,2-13H2,1H3/t15?,16-,18?/m0/s1. The summed E-state index contributed by atoms with van der Waals surface area (Å²) < 4.78 is 4.87. The molecule has 4 fully saturated rings. The zero-order chi connectivity index (χ0) is 15.9. The Morgan fingerprint density at radius 3 is 2.61 bits per heavy atom. The Morgan fingerprint density at radius 2 is 1.96 bits per heavy atom. The van der Waals surface area contributed by atoms with Gasteiger partial charge in [0.05, 0.1) is 7.11 Å². The van der Waals surface area contributed by atoms with E-state index in [9.17, 15) is 4.79 Å². The molecule has 0 aromatic rings. The Labute approximate surface area is 139 Å². The summed E-state index contributed by atoms with van der Waals surface area (Å²) in [5.41, 5.74) is 0.405. The van der Waals surface area contributed by atoms with E-state index >= 15 is 0 Å². The number of carbonyl (C=O) groups excluding carboxylic acids is 1. The van der Waals surface area contributed by atoms with Crippen LogP contribution < -0.4 is 5.32 Å². The molecule has 3 saturated heterocycles. The quantitative estimate of drug-likeness (QED) is 0.846. The fraction of sp³-hybridized carbons (Fsp3) is 0.944. The molecule has 23 heavy (non-hydrogen) atoms. The number of hydrogen-bond acceptors (Lipinski definition) is 4. The number of nitrogens with zero attached hydrogens (tertiary/aromatic N) is 2. The van der Waals surface area contributed by atoms with Crippen LogP contribution in [0.3, 0.4) is 0 Å². The molecule has 1 atom stereocenters. The summed E-state index contributed by atoms with van der Waals surface area (Å²) in [7, 11) is 1.49. The highest BCUT2D eigenvalue weighted by atomic mass is 16.5. The van der Waals surface area contributed by atoms with Gasteiger partial charge in [0.15, 0.2) is 0 Å². The van der Waals surface area contributed by atoms with E-state index in [0.29, 0.717) is 5.41 Å². The van der Waals surface area contributed by atoms with Gasteiger partial charge in [0.1, 0.15) is 0 Å². The molecule has 3 aliphatic heterocycles. The minimum absolute atomic E-state index is 0.143. The summed E-state index contributed by atoms with van der Waals surface area (Å²) in [5, 5.41) is 3.69. The van der Waals surface area contributed by atoms with Crippen LogP contribution in [0.2, 0.25) is 0 Å². The van der Waals surface area contributed by atoms with Crippen molar-refractivity contribution in [1.29, 1.82) is 0 Å². The maximum atomic E-state index is 11.7. The molecule has 1 aliphatic carbocycles. The van der Waals surface area contributed by atoms with Crippen molar-refractivity contribution < 1.29 is 9.53 Å². The SMILES string of the molecule is COC(=O)N1CCC2(CC(N3CCC([C@@H]4CCCN4)CC3)C2)C1. The molecule has 1 spiro atoms. The van der Waals surface area contributed by atoms with E-state index in [-0.39, 0.29) is 6.09 Å². The first-order chi connectivity index (χ1) is 11.2. The molecule has 0 radical (unpaired) electrons. The van der Waals surface area contributed by atoms with Gasteiger partial charge >= 0.3 is 6.09 Å². The lowest BCUT2D eigenvalue weighted by molar-refractivity contribution is -0.0112. The van der Waals surface area contributed by atoms with Gasteiger partial charge in [-0.1, -0.05) is 0 Å². The highest BCUT2D eigenvalue weighted by molar-refractivity contribution is 5.67. The van der Waals surface area contributed by atoms with Crippen LogP contribution in [-0.4, -0.2) is 67.8 Å². The molecule has 0 unspecified atom stereocenters. The van der Waals surface area contributed by atoms with Crippen LogP contribution in [0, 0.1) is 11.3 Å². The van der Waals surface area contributed by atoms with E-state index in [1.54, 1.807) is 0 Å². The molecular weight excluding hydrogens is 290 g/mol. The Kier molecular flexibility index (Phi) is 4.26. The average Bonchev–Trinajstić information content (AvgIpc) is 3.22. The number of hydrogen-bond donors (Lipinski definition) is 1. The number of likely N-dealkylation sites (tertiary alicyclic amines) is 2. The second kappa shape index (κ2) is 6.25. The number of methoxy groups -OCH3 is 1. The van der Waals surface area contributed by atoms with Crippen LogP contribution in [0.4, 0.5) is 4.79 Å². The molecule has 1 amide bonds. The van der Waals surface area contributed by atoms with E-state index in [0.717, 1.165) is 31.1 Å². The van der Waals surface area contributed by atoms with E-state index in [2.05, 4.69) is 10.2 Å². The van der Waals surface area contributed by atoms with Gasteiger partial charge in [0.25, 0.3) is 0 Å². The van der Waals surface area contributed by atoms with Gasteiger partial charge in [0.2, 0.25) is 0 Å². The highest BCUT2D eigenvalue weighted by Crippen LogP contribution is 2.50. The lowest BCUT2D eigenvalue weighted by Crippen LogP contribution is -2.55. The summed E-state index contributed by atoms with van der Waals surface area (Å²) in [4.78, 5) is 16.3. The zero-order valence-electron chi connectivity index (χ0n) is 14.4. The molecule has 0 aromatic heterocycles. The van der Waals surface area contributed by atoms with Gasteiger partial charge in [-0.05, 0) is 75.9 Å². The highest BCUT2D eigenvalue weighted by Gasteiger charge is 2.51. The minimum atomic E-state index is -0.143. The van der Waals surface area contributed by atoms with Gasteiger partial charge in [0, 0.05) is 25.2 Å². The van der Waals surface area contributed by atoms with Crippen LogP contribution in [0.5, 0.6) is 0 Å². The van der Waals surface area contributed by atoms with Crippen LogP contribution in [0.1, 0.15) is 44.9 Å². The van der Waals surface area contributed by atoms with Crippen molar-refractivity contribution in [3.63, 3.8) is 0 Å². The molecule has 1 saturated carbocycles. The van der Waals surface area contributed by atoms with Gasteiger partial charge in [-0.25, -0.2) is 4.79 Å². The fourth-order valence-corrected chi connectivity index (χ4v) is 5.55. The molecule has 3 heterocycles. The van der Waals surface area contributed by atoms with Gasteiger partial charge in [-0.3, -0.25) is 0 Å². The molecule has 1 N–H and O–H groups in total. The summed E-state index contributed by atoms with van der Waals surface area (Å²) in [6.45, 7) is 5.59. The van der Waals surface area contributed by atoms with E-state index in [1.807, 2.05) is 4.90 Å². The predicted octanol–water partition coefficient (Wildman–Crippen LogP) is 2.07. The van der Waals surface area contributed by atoms with Crippen LogP contribution in [0.15, 0.2) is 0 Å². The first kappa shape index (κ1) is 15.7. The van der Waals surface area contributed by atoms with Crippen LogP contribution in [0.25, 0.3) is 0 Å². The molecule has 5 heteroatoms. The lowest BCUT2D eigenvalue weighted by Gasteiger charge is -2.52. The lowest BCUT2D eigenvalue weighted by atomic mass is 9.64. The van der Waals surface area contributed by atoms with Crippen molar-refractivity contribution in [1.82, 2.24) is 15.1 Å². The number of rotatable bonds is 2. The van der Waals surface area contributed by atoms with Crippen molar-refractivity contribution in [2.75, 3.05) is 39.8 Å². The molecule has 130 valence electrons. The van der Waals surface area contributed by atoms with Crippen molar-refractivity contribution in [2.45, 2.75) is 57.0 Å². The van der Waals surface area contributed by atoms with Crippen molar-refractivity contribution in [3.05, 3.63) is 0 Å². The Morgan fingerprint density at radius 1 is 1.17 bits per heavy atom. The van der Waals surface area contributed by atoms with E-state index in [4.69, 9.17) is 4.74 Å². The van der Waals surface area contributed by atoms with Crippen molar-refractivity contribution >= 4 is 6.09 Å². The molecular formula is C18H31N3O2. The number of piperidine rings is 1. The Bertz CT molecular complexity index is 436. The Balaban J connectivity index is 1.23. The number of carbonyl (C=O) groups is 1. The summed E-state index contributed by atoms with van der Waals surface area (Å²) >= 11 is 0. The number of nitrogens with one attached hydrogen (secondary N) is 1. The van der Waals surface area contributed by atoms with Gasteiger partial charge in [-0.2, -0.15) is 0 Å². The van der Waals surface area contributed by atoms with Gasteiger partial charge in [-0.15, -0.1) is 0 Å². The molecule has 5 nitrogen and oxygen atoms in total. The normalized spacial score (nSPS) is 38.9. The summed E-state index contributed by atoms with van der Waals surface area (Å²) in [5.74, 6) is 0.907. The largest absolute Gasteiger partial charge is 0.453 e. The zero-order valence-corrected chi connectivity index (χ0v) is 14.4. The summed E-state index contributed by atoms with van der Waals surface area (Å²) in [6, 6.07) is 1.57. The second-order valence-electron chi connectivity index (χ2n) is 8.28. The Hall–Kier alpha value is -0.810. The van der Waals surface area contributed by atoms with Crippen molar-refractivity contribution in [2.24, 2.45) is 11.3 Å². The molecule has 4 aliphatic rings. The van der Waals surface area contributed by atoms with Crippen LogP contribution in [-0.2, 0) is 4.74 Å². The topological polar surface area (TPSA) is 44.8 Å². The molecule has 0 bridgehead atoms. The average molecular weight is 321 g/mol. The minimum Gasteiger partial charge on any atom is -0.453 e. The van der Waals surface area contributed by atoms with Crippen LogP contribution >= 0.6 is 0 Å². The maximum absolute atomic E-state index is 11.7. The third-order valence-corrected chi connectivity index (χ3v) is 6.97. The first-order valence-corrected chi connectivity index (χ1v) is 9.49. The fourth-order valence-electron chi connectivity index (χ4n) is 5.55. The third kappa shape index (κ3) is 2.98. The monoisotopic (exact) mass is 321 g/mol. The molecule has 4 rings (SSSR count). The smallest absolute Gasteiger partial charge is 0.409 e. The predicted molar refractivity (Wildman–Crippen MR) is 89.4 cm³/mol. The van der Waals surface area contributed by atoms with Gasteiger partial charge < -0.3 is 19.9 Å². The van der Waals surface area contributed by atoms with E-state index in [1.165, 1.54) is 71.7 Å². The first-order valence-electron chi connectivity index (χ1n) is 9.49. The summed E-state index contributed by atoms with van der Waals surface area (Å²) in [6.07, 6.45) is 9.09. The number of ether oxygens (including phenoxy) is 1. The maximum Gasteiger partial charge on any atom is 0.409 e.